The lowest BCUT2D eigenvalue weighted by atomic mass is 9.81. The van der Waals surface area contributed by atoms with Crippen molar-refractivity contribution in [3.63, 3.8) is 0 Å². The van der Waals surface area contributed by atoms with Gasteiger partial charge in [-0.1, -0.05) is 5.92 Å². The van der Waals surface area contributed by atoms with E-state index in [1.165, 1.54) is 0 Å². The number of terminal acetylenes is 1. The van der Waals surface area contributed by atoms with Crippen molar-refractivity contribution >= 4 is 12.4 Å². The van der Waals surface area contributed by atoms with E-state index in [2.05, 4.69) is 11.2 Å². The topological polar surface area (TPSA) is 21.3 Å². The van der Waals surface area contributed by atoms with Gasteiger partial charge in [-0.25, -0.2) is 0 Å². The molecule has 70 valence electrons. The van der Waals surface area contributed by atoms with Gasteiger partial charge in [0.2, 0.25) is 0 Å². The number of rotatable bonds is 2. The Morgan fingerprint density at radius 1 is 1.50 bits per heavy atom. The van der Waals surface area contributed by atoms with Gasteiger partial charge in [0.1, 0.15) is 0 Å². The van der Waals surface area contributed by atoms with Crippen LogP contribution in [-0.4, -0.2) is 26.8 Å². The minimum atomic E-state index is 0. The normalized spacial score (nSPS) is 20.7. The van der Waals surface area contributed by atoms with E-state index >= 15 is 0 Å². The molecule has 0 amide bonds. The smallest absolute Gasteiger partial charge is 0.0629 e. The van der Waals surface area contributed by atoms with Crippen LogP contribution in [0.4, 0.5) is 0 Å². The fourth-order valence-corrected chi connectivity index (χ4v) is 1.51. The second kappa shape index (κ2) is 5.42. The SMILES string of the molecule is C#CC1(COC)CCNCC1.Cl. The van der Waals surface area contributed by atoms with Crippen molar-refractivity contribution in [2.75, 3.05) is 26.8 Å². The lowest BCUT2D eigenvalue weighted by Gasteiger charge is -2.31. The molecule has 2 nitrogen and oxygen atoms in total. The van der Waals surface area contributed by atoms with Crippen LogP contribution in [0.2, 0.25) is 0 Å². The number of piperidine rings is 1. The monoisotopic (exact) mass is 189 g/mol. The zero-order valence-corrected chi connectivity index (χ0v) is 8.25. The third-order valence-corrected chi connectivity index (χ3v) is 2.29. The van der Waals surface area contributed by atoms with Crippen LogP contribution in [0.5, 0.6) is 0 Å². The molecule has 0 spiro atoms. The molecule has 12 heavy (non-hydrogen) atoms. The third-order valence-electron chi connectivity index (χ3n) is 2.29. The zero-order chi connectivity index (χ0) is 8.16. The summed E-state index contributed by atoms with van der Waals surface area (Å²) in [6.45, 7) is 2.74. The Hall–Kier alpha value is -0.230. The summed E-state index contributed by atoms with van der Waals surface area (Å²) in [6, 6.07) is 0. The van der Waals surface area contributed by atoms with E-state index in [0.29, 0.717) is 6.61 Å². The van der Waals surface area contributed by atoms with E-state index in [9.17, 15) is 0 Å². The highest BCUT2D eigenvalue weighted by atomic mass is 35.5. The number of ether oxygens (including phenoxy) is 1. The summed E-state index contributed by atoms with van der Waals surface area (Å²) in [5.41, 5.74) is 0.0139. The predicted molar refractivity (Wildman–Crippen MR) is 52.5 cm³/mol. The Labute approximate surface area is 80.5 Å². The third kappa shape index (κ3) is 2.67. The van der Waals surface area contributed by atoms with Crippen molar-refractivity contribution < 1.29 is 4.74 Å². The van der Waals surface area contributed by atoms with Gasteiger partial charge in [0.05, 0.1) is 12.0 Å². The van der Waals surface area contributed by atoms with Gasteiger partial charge in [0.15, 0.2) is 0 Å². The van der Waals surface area contributed by atoms with Gasteiger partial charge in [0, 0.05) is 7.11 Å². The molecule has 0 unspecified atom stereocenters. The van der Waals surface area contributed by atoms with Crippen molar-refractivity contribution in [3.05, 3.63) is 0 Å². The van der Waals surface area contributed by atoms with E-state index in [1.807, 2.05) is 0 Å². The first kappa shape index (κ1) is 11.8. The maximum absolute atomic E-state index is 5.47. The van der Waals surface area contributed by atoms with Crippen molar-refractivity contribution in [1.82, 2.24) is 5.32 Å². The summed E-state index contributed by atoms with van der Waals surface area (Å²) in [4.78, 5) is 0. The second-order valence-electron chi connectivity index (χ2n) is 3.11. The minimum Gasteiger partial charge on any atom is -0.383 e. The molecule has 1 N–H and O–H groups in total. The molecule has 0 radical (unpaired) electrons. The van der Waals surface area contributed by atoms with E-state index in [0.717, 1.165) is 25.9 Å². The molecule has 0 aliphatic carbocycles. The van der Waals surface area contributed by atoms with Gasteiger partial charge in [-0.2, -0.15) is 0 Å². The molecule has 1 rings (SSSR count). The summed E-state index contributed by atoms with van der Waals surface area (Å²) in [5.74, 6) is 2.85. The Morgan fingerprint density at radius 2 is 2.08 bits per heavy atom. The number of halogens is 1. The van der Waals surface area contributed by atoms with Crippen LogP contribution in [0.3, 0.4) is 0 Å². The van der Waals surface area contributed by atoms with Gasteiger partial charge in [-0.3, -0.25) is 0 Å². The van der Waals surface area contributed by atoms with Crippen LogP contribution in [-0.2, 0) is 4.74 Å². The standard InChI is InChI=1S/C9H15NO.ClH/c1-3-9(8-11-2)4-6-10-7-5-9;/h1,10H,4-8H2,2H3;1H. The first-order chi connectivity index (χ1) is 5.33. The highest BCUT2D eigenvalue weighted by Crippen LogP contribution is 2.27. The number of methoxy groups -OCH3 is 1. The van der Waals surface area contributed by atoms with Crippen LogP contribution < -0.4 is 5.32 Å². The van der Waals surface area contributed by atoms with Crippen molar-refractivity contribution in [2.45, 2.75) is 12.8 Å². The summed E-state index contributed by atoms with van der Waals surface area (Å²) in [5, 5.41) is 3.28. The Balaban J connectivity index is 0.00000121. The Kier molecular flexibility index (Phi) is 5.32. The first-order valence-corrected chi connectivity index (χ1v) is 4.00. The molecule has 3 heteroatoms. The molecule has 0 saturated carbocycles. The van der Waals surface area contributed by atoms with Gasteiger partial charge in [-0.05, 0) is 25.9 Å². The molecular formula is C9H16ClNO. The maximum atomic E-state index is 5.47. The summed E-state index contributed by atoms with van der Waals surface area (Å²) in [6.07, 6.45) is 7.54. The van der Waals surface area contributed by atoms with E-state index in [4.69, 9.17) is 11.2 Å². The van der Waals surface area contributed by atoms with Crippen LogP contribution in [0.15, 0.2) is 0 Å². The van der Waals surface area contributed by atoms with E-state index < -0.39 is 0 Å². The van der Waals surface area contributed by atoms with Crippen LogP contribution in [0, 0.1) is 17.8 Å². The first-order valence-electron chi connectivity index (χ1n) is 4.00. The predicted octanol–water partition coefficient (Wildman–Crippen LogP) is 1.06. The van der Waals surface area contributed by atoms with E-state index in [-0.39, 0.29) is 17.8 Å². The molecule has 0 bridgehead atoms. The summed E-state index contributed by atoms with van der Waals surface area (Å²) < 4.78 is 5.11. The molecule has 1 saturated heterocycles. The maximum Gasteiger partial charge on any atom is 0.0629 e. The zero-order valence-electron chi connectivity index (χ0n) is 7.43. The van der Waals surface area contributed by atoms with Crippen molar-refractivity contribution in [1.29, 1.82) is 0 Å². The average molecular weight is 190 g/mol. The summed E-state index contributed by atoms with van der Waals surface area (Å²) >= 11 is 0. The van der Waals surface area contributed by atoms with Crippen LogP contribution >= 0.6 is 12.4 Å². The summed E-state index contributed by atoms with van der Waals surface area (Å²) in [7, 11) is 1.71. The van der Waals surface area contributed by atoms with Gasteiger partial charge in [-0.15, -0.1) is 18.8 Å². The van der Waals surface area contributed by atoms with E-state index in [1.54, 1.807) is 7.11 Å². The number of nitrogens with one attached hydrogen (secondary N) is 1. The second-order valence-corrected chi connectivity index (χ2v) is 3.11. The molecule has 0 aromatic carbocycles. The fourth-order valence-electron chi connectivity index (χ4n) is 1.51. The number of hydrogen-bond donors (Lipinski definition) is 1. The molecule has 1 aliphatic heterocycles. The lowest BCUT2D eigenvalue weighted by Crippen LogP contribution is -2.38. The minimum absolute atomic E-state index is 0. The van der Waals surface area contributed by atoms with Gasteiger partial charge in [0.25, 0.3) is 0 Å². The molecule has 0 aromatic heterocycles. The lowest BCUT2D eigenvalue weighted by molar-refractivity contribution is 0.0952. The molecule has 1 aliphatic rings. The van der Waals surface area contributed by atoms with Gasteiger partial charge < -0.3 is 10.1 Å². The highest BCUT2D eigenvalue weighted by molar-refractivity contribution is 5.85. The van der Waals surface area contributed by atoms with Gasteiger partial charge >= 0.3 is 0 Å². The molecule has 0 aromatic rings. The molecular weight excluding hydrogens is 174 g/mol. The Morgan fingerprint density at radius 3 is 2.50 bits per heavy atom. The largest absolute Gasteiger partial charge is 0.383 e. The Bertz CT molecular complexity index is 153. The molecule has 0 atom stereocenters. The average Bonchev–Trinajstić information content (AvgIpc) is 2.07. The van der Waals surface area contributed by atoms with Crippen LogP contribution in [0.1, 0.15) is 12.8 Å². The molecule has 1 heterocycles. The molecule has 1 fully saturated rings. The number of hydrogen-bond acceptors (Lipinski definition) is 2. The van der Waals surface area contributed by atoms with Crippen LogP contribution in [0.25, 0.3) is 0 Å². The quantitative estimate of drug-likeness (QED) is 0.656. The highest BCUT2D eigenvalue weighted by Gasteiger charge is 2.29. The fraction of sp³-hybridized carbons (Fsp3) is 0.778. The van der Waals surface area contributed by atoms with Crippen molar-refractivity contribution in [3.8, 4) is 12.3 Å². The van der Waals surface area contributed by atoms with Crippen molar-refractivity contribution in [2.24, 2.45) is 5.41 Å².